The molecule has 10 heavy (non-hydrogen) atoms. The summed E-state index contributed by atoms with van der Waals surface area (Å²) in [7, 11) is 0. The number of hydrogen-bond donors (Lipinski definition) is 1. The van der Waals surface area contributed by atoms with Crippen LogP contribution in [0, 0.1) is 0 Å². The molecule has 0 saturated heterocycles. The third-order valence-electron chi connectivity index (χ3n) is 1.40. The highest BCUT2D eigenvalue weighted by molar-refractivity contribution is 9.11. The molecule has 1 nitrogen and oxygen atoms in total. The number of aliphatic hydroxyl groups excluding tert-OH is 1. The van der Waals surface area contributed by atoms with E-state index in [1.54, 1.807) is 11.1 Å². The molecule has 0 aliphatic rings. The fraction of sp³-hybridized carbons (Fsp3) is 0.750. The van der Waals surface area contributed by atoms with Crippen LogP contribution in [-0.4, -0.2) is 11.2 Å². The quantitative estimate of drug-likeness (QED) is 0.687. The average molecular weight is 207 g/mol. The lowest BCUT2D eigenvalue weighted by molar-refractivity contribution is 0.208. The summed E-state index contributed by atoms with van der Waals surface area (Å²) >= 11 is 3.12. The zero-order valence-corrected chi connectivity index (χ0v) is 7.97. The number of rotatable bonds is 5. The molecular formula is C8H15BrO. The zero-order valence-electron chi connectivity index (χ0n) is 6.39. The highest BCUT2D eigenvalue weighted by atomic mass is 79.9. The van der Waals surface area contributed by atoms with Crippen molar-refractivity contribution in [1.82, 2.24) is 0 Å². The van der Waals surface area contributed by atoms with Crippen molar-refractivity contribution in [1.29, 1.82) is 0 Å². The molecule has 0 heterocycles. The predicted octanol–water partition coefficient (Wildman–Crippen LogP) is 2.84. The summed E-state index contributed by atoms with van der Waals surface area (Å²) in [5, 5.41) is 9.16. The van der Waals surface area contributed by atoms with Crippen molar-refractivity contribution in [2.75, 3.05) is 0 Å². The summed E-state index contributed by atoms with van der Waals surface area (Å²) in [5.74, 6) is 0. The summed E-state index contributed by atoms with van der Waals surface area (Å²) in [4.78, 5) is 1.71. The third-order valence-corrected chi connectivity index (χ3v) is 1.70. The van der Waals surface area contributed by atoms with Gasteiger partial charge in [0.05, 0.1) is 6.10 Å². The monoisotopic (exact) mass is 206 g/mol. The van der Waals surface area contributed by atoms with Crippen LogP contribution in [0.1, 0.15) is 32.6 Å². The Labute approximate surface area is 71.3 Å². The SMILES string of the molecule is CCCCC[C@H](O)C=CBr. The lowest BCUT2D eigenvalue weighted by Crippen LogP contribution is -2.00. The van der Waals surface area contributed by atoms with Crippen molar-refractivity contribution in [3.05, 3.63) is 11.1 Å². The summed E-state index contributed by atoms with van der Waals surface area (Å²) in [5.41, 5.74) is 0. The van der Waals surface area contributed by atoms with Crippen molar-refractivity contribution in [2.45, 2.75) is 38.7 Å². The van der Waals surface area contributed by atoms with Crippen LogP contribution in [0.3, 0.4) is 0 Å². The average Bonchev–Trinajstić information content (AvgIpc) is 1.89. The van der Waals surface area contributed by atoms with Crippen LogP contribution in [-0.2, 0) is 0 Å². The minimum atomic E-state index is -0.258. The van der Waals surface area contributed by atoms with Gasteiger partial charge in [0, 0.05) is 0 Å². The lowest BCUT2D eigenvalue weighted by atomic mass is 10.1. The lowest BCUT2D eigenvalue weighted by Gasteiger charge is -2.02. The molecule has 0 fully saturated rings. The Morgan fingerprint density at radius 2 is 2.20 bits per heavy atom. The molecule has 0 spiro atoms. The fourth-order valence-corrected chi connectivity index (χ4v) is 1.14. The Hall–Kier alpha value is 0.180. The zero-order chi connectivity index (χ0) is 7.82. The summed E-state index contributed by atoms with van der Waals surface area (Å²) in [6.45, 7) is 2.16. The second-order valence-electron chi connectivity index (χ2n) is 2.38. The summed E-state index contributed by atoms with van der Waals surface area (Å²) < 4.78 is 0. The Morgan fingerprint density at radius 1 is 1.50 bits per heavy atom. The number of aliphatic hydroxyl groups is 1. The molecule has 0 rings (SSSR count). The first-order valence-corrected chi connectivity index (χ1v) is 4.67. The third kappa shape index (κ3) is 6.30. The van der Waals surface area contributed by atoms with Crippen LogP contribution in [0.4, 0.5) is 0 Å². The van der Waals surface area contributed by atoms with Gasteiger partial charge in [-0.1, -0.05) is 42.1 Å². The normalized spacial score (nSPS) is 14.3. The minimum absolute atomic E-state index is 0.258. The van der Waals surface area contributed by atoms with Crippen molar-refractivity contribution < 1.29 is 5.11 Å². The van der Waals surface area contributed by atoms with Gasteiger partial charge < -0.3 is 5.11 Å². The van der Waals surface area contributed by atoms with E-state index in [9.17, 15) is 0 Å². The number of unbranched alkanes of at least 4 members (excludes halogenated alkanes) is 2. The molecule has 0 aliphatic heterocycles. The highest BCUT2D eigenvalue weighted by Gasteiger charge is 1.96. The van der Waals surface area contributed by atoms with E-state index in [0.717, 1.165) is 12.8 Å². The van der Waals surface area contributed by atoms with E-state index in [4.69, 9.17) is 5.11 Å². The molecule has 0 amide bonds. The smallest absolute Gasteiger partial charge is 0.0728 e. The first kappa shape index (κ1) is 10.2. The van der Waals surface area contributed by atoms with Crippen molar-refractivity contribution in [3.8, 4) is 0 Å². The largest absolute Gasteiger partial charge is 0.389 e. The Kier molecular flexibility index (Phi) is 7.42. The van der Waals surface area contributed by atoms with Crippen molar-refractivity contribution in [3.63, 3.8) is 0 Å². The topological polar surface area (TPSA) is 20.2 Å². The molecule has 0 bridgehead atoms. The summed E-state index contributed by atoms with van der Waals surface area (Å²) in [6, 6.07) is 0. The molecule has 0 unspecified atom stereocenters. The summed E-state index contributed by atoms with van der Waals surface area (Å²) in [6.07, 6.45) is 5.93. The van der Waals surface area contributed by atoms with Gasteiger partial charge in [-0.25, -0.2) is 0 Å². The van der Waals surface area contributed by atoms with Gasteiger partial charge in [0.15, 0.2) is 0 Å². The van der Waals surface area contributed by atoms with Crippen LogP contribution in [0.5, 0.6) is 0 Å². The molecule has 1 N–H and O–H groups in total. The van der Waals surface area contributed by atoms with Crippen LogP contribution in [0.2, 0.25) is 0 Å². The molecule has 1 atom stereocenters. The molecule has 0 aromatic carbocycles. The second-order valence-corrected chi connectivity index (χ2v) is 2.91. The van der Waals surface area contributed by atoms with Gasteiger partial charge in [0.25, 0.3) is 0 Å². The maximum atomic E-state index is 9.16. The Morgan fingerprint density at radius 3 is 2.70 bits per heavy atom. The Balaban J connectivity index is 3.13. The van der Waals surface area contributed by atoms with Crippen LogP contribution in [0.25, 0.3) is 0 Å². The van der Waals surface area contributed by atoms with Gasteiger partial charge in [-0.15, -0.1) is 0 Å². The molecule has 0 aromatic heterocycles. The molecule has 0 saturated carbocycles. The van der Waals surface area contributed by atoms with Gasteiger partial charge in [-0.2, -0.15) is 0 Å². The first-order chi connectivity index (χ1) is 4.81. The van der Waals surface area contributed by atoms with E-state index in [1.165, 1.54) is 12.8 Å². The van der Waals surface area contributed by atoms with Crippen LogP contribution < -0.4 is 0 Å². The van der Waals surface area contributed by atoms with E-state index >= 15 is 0 Å². The molecular weight excluding hydrogens is 192 g/mol. The molecule has 0 aliphatic carbocycles. The maximum absolute atomic E-state index is 9.16. The Bertz CT molecular complexity index is 91.3. The predicted molar refractivity (Wildman–Crippen MR) is 48.2 cm³/mol. The second kappa shape index (κ2) is 7.29. The van der Waals surface area contributed by atoms with Crippen molar-refractivity contribution >= 4 is 15.9 Å². The van der Waals surface area contributed by atoms with Crippen LogP contribution >= 0.6 is 15.9 Å². The van der Waals surface area contributed by atoms with Gasteiger partial charge >= 0.3 is 0 Å². The molecule has 0 aromatic rings. The fourth-order valence-electron chi connectivity index (χ4n) is 0.784. The van der Waals surface area contributed by atoms with Crippen molar-refractivity contribution in [2.24, 2.45) is 0 Å². The first-order valence-electron chi connectivity index (χ1n) is 3.76. The van der Waals surface area contributed by atoms with Crippen LogP contribution in [0.15, 0.2) is 11.1 Å². The van der Waals surface area contributed by atoms with E-state index in [0.29, 0.717) is 0 Å². The van der Waals surface area contributed by atoms with Gasteiger partial charge in [0.1, 0.15) is 0 Å². The maximum Gasteiger partial charge on any atom is 0.0728 e. The highest BCUT2D eigenvalue weighted by Crippen LogP contribution is 2.04. The number of hydrogen-bond acceptors (Lipinski definition) is 1. The van der Waals surface area contributed by atoms with E-state index < -0.39 is 0 Å². The minimum Gasteiger partial charge on any atom is -0.389 e. The molecule has 2 heteroatoms. The van der Waals surface area contributed by atoms with Gasteiger partial charge in [-0.3, -0.25) is 0 Å². The molecule has 0 radical (unpaired) electrons. The molecule has 60 valence electrons. The van der Waals surface area contributed by atoms with Gasteiger partial charge in [-0.05, 0) is 17.5 Å². The van der Waals surface area contributed by atoms with Gasteiger partial charge in [0.2, 0.25) is 0 Å². The van der Waals surface area contributed by atoms with E-state index in [2.05, 4.69) is 22.9 Å². The number of halogens is 1. The standard InChI is InChI=1S/C8H15BrO/c1-2-3-4-5-8(10)6-7-9/h6-8,10H,2-5H2,1H3/t8-/m0/s1. The van der Waals surface area contributed by atoms with E-state index in [1.807, 2.05) is 0 Å². The van der Waals surface area contributed by atoms with E-state index in [-0.39, 0.29) is 6.10 Å².